The van der Waals surface area contributed by atoms with E-state index in [0.29, 0.717) is 24.8 Å². The Morgan fingerprint density at radius 3 is 2.62 bits per heavy atom. The highest BCUT2D eigenvalue weighted by atomic mass is 16.6. The van der Waals surface area contributed by atoms with Crippen molar-refractivity contribution < 1.29 is 24.5 Å². The van der Waals surface area contributed by atoms with Gasteiger partial charge in [0.05, 0.1) is 0 Å². The summed E-state index contributed by atoms with van der Waals surface area (Å²) in [5.74, 6) is 0.220. The number of benzene rings is 1. The number of Topliss-reactive ketones (excluding diaryl/α,β-unsaturated/α-hetero) is 1. The van der Waals surface area contributed by atoms with E-state index in [-0.39, 0.29) is 12.3 Å². The highest BCUT2D eigenvalue weighted by molar-refractivity contribution is 5.83. The van der Waals surface area contributed by atoms with Gasteiger partial charge in [0, 0.05) is 19.4 Å². The number of aryl methyl sites for hydroxylation is 1. The van der Waals surface area contributed by atoms with Crippen LogP contribution in [0, 0.1) is 0 Å². The van der Waals surface area contributed by atoms with Gasteiger partial charge in [-0.25, -0.2) is 4.79 Å². The number of hydrogen-bond donors (Lipinski definition) is 3. The minimum Gasteiger partial charge on any atom is -0.444 e. The van der Waals surface area contributed by atoms with Gasteiger partial charge in [-0.15, -0.1) is 0 Å². The second-order valence-electron chi connectivity index (χ2n) is 7.14. The fraction of sp³-hybridized carbons (Fsp3) is 0.556. The number of alkyl carbamates (subject to hydrolysis) is 1. The fourth-order valence-corrected chi connectivity index (χ4v) is 2.65. The van der Waals surface area contributed by atoms with Crippen LogP contribution in [0.1, 0.15) is 50.0 Å². The Kier molecular flexibility index (Phi) is 5.62. The monoisotopic (exact) mass is 335 g/mol. The zero-order chi connectivity index (χ0) is 17.9. The molecule has 24 heavy (non-hydrogen) atoms. The second-order valence-corrected chi connectivity index (χ2v) is 7.14. The fourth-order valence-electron chi connectivity index (χ4n) is 2.65. The van der Waals surface area contributed by atoms with E-state index < -0.39 is 23.9 Å². The lowest BCUT2D eigenvalue weighted by Crippen LogP contribution is -2.38. The lowest BCUT2D eigenvalue weighted by atomic mass is 9.88. The first-order chi connectivity index (χ1) is 11.2. The van der Waals surface area contributed by atoms with Gasteiger partial charge >= 0.3 is 6.09 Å². The molecule has 2 unspecified atom stereocenters. The van der Waals surface area contributed by atoms with E-state index in [1.54, 1.807) is 26.8 Å². The molecule has 2 rings (SSSR count). The molecule has 0 bridgehead atoms. The zero-order valence-corrected chi connectivity index (χ0v) is 14.3. The molecule has 0 heterocycles. The summed E-state index contributed by atoms with van der Waals surface area (Å²) in [5.41, 5.74) is 1.95. The van der Waals surface area contributed by atoms with Crippen molar-refractivity contribution in [1.82, 2.24) is 5.32 Å². The van der Waals surface area contributed by atoms with Gasteiger partial charge in [-0.1, -0.05) is 18.2 Å². The minimum atomic E-state index is -1.15. The molecule has 6 nitrogen and oxygen atoms in total. The molecule has 3 N–H and O–H groups in total. The van der Waals surface area contributed by atoms with Crippen LogP contribution in [0.15, 0.2) is 18.2 Å². The number of fused-ring (bicyclic) bond motifs is 1. The first-order valence-electron chi connectivity index (χ1n) is 8.12. The molecule has 0 aromatic heterocycles. The zero-order valence-electron chi connectivity index (χ0n) is 14.3. The van der Waals surface area contributed by atoms with Gasteiger partial charge in [-0.3, -0.25) is 4.79 Å². The van der Waals surface area contributed by atoms with Crippen molar-refractivity contribution in [2.45, 2.75) is 57.8 Å². The largest absolute Gasteiger partial charge is 0.444 e. The highest BCUT2D eigenvalue weighted by Crippen LogP contribution is 2.25. The molecule has 1 aliphatic rings. The number of carbonyl (C=O) groups is 2. The van der Waals surface area contributed by atoms with Crippen LogP contribution in [0.4, 0.5) is 4.79 Å². The Balaban J connectivity index is 1.94. The third-order valence-corrected chi connectivity index (χ3v) is 3.85. The number of ketones is 1. The SMILES string of the molecule is CC(C)(C)OC(=O)NCC(O)C(O)c1ccc2c(c1)CCC(=O)C2. The third-order valence-electron chi connectivity index (χ3n) is 3.85. The van der Waals surface area contributed by atoms with Crippen molar-refractivity contribution in [3.8, 4) is 0 Å². The Bertz CT molecular complexity index is 620. The number of amides is 1. The summed E-state index contributed by atoms with van der Waals surface area (Å²) in [6.45, 7) is 5.12. The maximum atomic E-state index is 11.6. The highest BCUT2D eigenvalue weighted by Gasteiger charge is 2.23. The number of rotatable bonds is 4. The maximum absolute atomic E-state index is 11.6. The van der Waals surface area contributed by atoms with Crippen molar-refractivity contribution in [2.24, 2.45) is 0 Å². The Hall–Kier alpha value is -1.92. The van der Waals surface area contributed by atoms with Crippen molar-refractivity contribution in [1.29, 1.82) is 0 Å². The lowest BCUT2D eigenvalue weighted by Gasteiger charge is -2.23. The Labute approximate surface area is 141 Å². The molecule has 0 radical (unpaired) electrons. The van der Waals surface area contributed by atoms with Crippen molar-refractivity contribution in [3.63, 3.8) is 0 Å². The molecular formula is C18H25NO5. The number of hydrogen-bond acceptors (Lipinski definition) is 5. The number of aliphatic hydroxyl groups is 2. The van der Waals surface area contributed by atoms with E-state index in [0.717, 1.165) is 11.1 Å². The molecule has 1 amide bonds. The molecule has 2 atom stereocenters. The van der Waals surface area contributed by atoms with Crippen molar-refractivity contribution in [2.75, 3.05) is 6.54 Å². The van der Waals surface area contributed by atoms with Crippen molar-refractivity contribution in [3.05, 3.63) is 34.9 Å². The first kappa shape index (κ1) is 18.4. The van der Waals surface area contributed by atoms with Crippen LogP contribution in [0.5, 0.6) is 0 Å². The lowest BCUT2D eigenvalue weighted by molar-refractivity contribution is -0.118. The van der Waals surface area contributed by atoms with Gasteiger partial charge in [0.25, 0.3) is 0 Å². The molecule has 0 aliphatic heterocycles. The van der Waals surface area contributed by atoms with Gasteiger partial charge < -0.3 is 20.3 Å². The molecular weight excluding hydrogens is 310 g/mol. The molecule has 0 fully saturated rings. The van der Waals surface area contributed by atoms with Crippen LogP contribution in [0.3, 0.4) is 0 Å². The van der Waals surface area contributed by atoms with Crippen LogP contribution in [-0.2, 0) is 22.4 Å². The summed E-state index contributed by atoms with van der Waals surface area (Å²) in [5, 5.41) is 22.8. The molecule has 6 heteroatoms. The number of ether oxygens (including phenoxy) is 1. The maximum Gasteiger partial charge on any atom is 0.407 e. The molecule has 0 saturated heterocycles. The summed E-state index contributed by atoms with van der Waals surface area (Å²) in [6, 6.07) is 5.35. The first-order valence-corrected chi connectivity index (χ1v) is 8.12. The number of carbonyl (C=O) groups excluding carboxylic acids is 2. The predicted molar refractivity (Wildman–Crippen MR) is 88.7 cm³/mol. The van der Waals surface area contributed by atoms with E-state index in [1.807, 2.05) is 12.1 Å². The summed E-state index contributed by atoms with van der Waals surface area (Å²) in [7, 11) is 0. The van der Waals surface area contributed by atoms with Gasteiger partial charge in [-0.05, 0) is 43.9 Å². The van der Waals surface area contributed by atoms with Crippen molar-refractivity contribution >= 4 is 11.9 Å². The van der Waals surface area contributed by atoms with E-state index in [9.17, 15) is 19.8 Å². The average molecular weight is 335 g/mol. The van der Waals surface area contributed by atoms with E-state index in [4.69, 9.17) is 4.74 Å². The quantitative estimate of drug-likeness (QED) is 0.778. The molecule has 0 saturated carbocycles. The molecule has 0 spiro atoms. The molecule has 1 aromatic carbocycles. The summed E-state index contributed by atoms with van der Waals surface area (Å²) < 4.78 is 5.08. The van der Waals surface area contributed by atoms with E-state index in [1.165, 1.54) is 0 Å². The van der Waals surface area contributed by atoms with Crippen LogP contribution in [0.2, 0.25) is 0 Å². The van der Waals surface area contributed by atoms with Gasteiger partial charge in [0.2, 0.25) is 0 Å². The van der Waals surface area contributed by atoms with Crippen LogP contribution < -0.4 is 5.32 Å². The summed E-state index contributed by atoms with van der Waals surface area (Å²) in [4.78, 5) is 23.0. The van der Waals surface area contributed by atoms with E-state index in [2.05, 4.69) is 5.32 Å². The summed E-state index contributed by atoms with van der Waals surface area (Å²) in [6.07, 6.45) is -1.33. The topological polar surface area (TPSA) is 95.9 Å². The third kappa shape index (κ3) is 5.04. The van der Waals surface area contributed by atoms with Gasteiger partial charge in [0.1, 0.15) is 23.6 Å². The van der Waals surface area contributed by atoms with E-state index >= 15 is 0 Å². The minimum absolute atomic E-state index is 0.119. The predicted octanol–water partition coefficient (Wildman–Crippen LogP) is 1.66. The Morgan fingerprint density at radius 1 is 1.25 bits per heavy atom. The molecule has 1 aromatic rings. The molecule has 1 aliphatic carbocycles. The number of nitrogens with one attached hydrogen (secondary N) is 1. The van der Waals surface area contributed by atoms with Crippen LogP contribution in [0.25, 0.3) is 0 Å². The average Bonchev–Trinajstić information content (AvgIpc) is 2.49. The molecule has 132 valence electrons. The summed E-state index contributed by atoms with van der Waals surface area (Å²) >= 11 is 0. The standard InChI is InChI=1S/C18H25NO5/c1-18(2,3)24-17(23)19-10-15(21)16(22)13-5-4-12-9-14(20)7-6-11(12)8-13/h4-5,8,15-16,21-22H,6-7,9-10H2,1-3H3,(H,19,23). The smallest absolute Gasteiger partial charge is 0.407 e. The van der Waals surface area contributed by atoms with Crippen LogP contribution in [-0.4, -0.2) is 40.3 Å². The van der Waals surface area contributed by atoms with Crippen LogP contribution >= 0.6 is 0 Å². The normalized spacial score (nSPS) is 17.0. The second kappa shape index (κ2) is 7.32. The Morgan fingerprint density at radius 2 is 1.96 bits per heavy atom. The number of aliphatic hydroxyl groups excluding tert-OH is 2. The van der Waals surface area contributed by atoms with Gasteiger partial charge in [0.15, 0.2) is 0 Å². The van der Waals surface area contributed by atoms with Gasteiger partial charge in [-0.2, -0.15) is 0 Å².